The number of carbonyl (C=O) groups excluding carboxylic acids is 2. The average molecular weight is 214 g/mol. The Hall–Kier alpha value is -1.44. The molecule has 0 amide bonds. The van der Waals surface area contributed by atoms with Crippen LogP contribution in [0.1, 0.15) is 12.8 Å². The first-order valence-electron chi connectivity index (χ1n) is 5.80. The molecule has 82 valence electrons. The molecule has 0 spiro atoms. The fourth-order valence-electron chi connectivity index (χ4n) is 3.46. The van der Waals surface area contributed by atoms with Gasteiger partial charge in [-0.05, 0) is 36.3 Å². The Kier molecular flexibility index (Phi) is 2.00. The summed E-state index contributed by atoms with van der Waals surface area (Å²) in [6.07, 6.45) is 9.09. The number of Topliss-reactive ketones (excluding diaryl/α,β-unsaturated/α-hetero) is 1. The van der Waals surface area contributed by atoms with E-state index in [1.54, 1.807) is 12.2 Å². The van der Waals surface area contributed by atoms with Gasteiger partial charge in [-0.3, -0.25) is 9.59 Å². The summed E-state index contributed by atoms with van der Waals surface area (Å²) in [6.45, 7) is 3.66. The van der Waals surface area contributed by atoms with Crippen LogP contribution in [0.2, 0.25) is 0 Å². The lowest BCUT2D eigenvalue weighted by atomic mass is 9.86. The van der Waals surface area contributed by atoms with Crippen molar-refractivity contribution in [1.82, 2.24) is 0 Å². The summed E-state index contributed by atoms with van der Waals surface area (Å²) in [4.78, 5) is 23.9. The van der Waals surface area contributed by atoms with Gasteiger partial charge in [0.2, 0.25) is 0 Å². The molecule has 0 aromatic rings. The summed E-state index contributed by atoms with van der Waals surface area (Å²) in [5.74, 6) is 0.825. The molecule has 0 N–H and O–H groups in total. The fourth-order valence-corrected chi connectivity index (χ4v) is 3.46. The Morgan fingerprint density at radius 1 is 1.31 bits per heavy atom. The zero-order valence-electron chi connectivity index (χ0n) is 9.06. The van der Waals surface area contributed by atoms with Crippen molar-refractivity contribution in [2.75, 3.05) is 0 Å². The second-order valence-electron chi connectivity index (χ2n) is 4.93. The molecule has 0 bridgehead atoms. The van der Waals surface area contributed by atoms with E-state index in [-0.39, 0.29) is 23.4 Å². The molecule has 2 heteroatoms. The summed E-state index contributed by atoms with van der Waals surface area (Å²) in [6, 6.07) is 0. The first kappa shape index (κ1) is 9.76. The van der Waals surface area contributed by atoms with Crippen LogP contribution in [0.5, 0.6) is 0 Å². The minimum absolute atomic E-state index is 0.0592. The van der Waals surface area contributed by atoms with E-state index in [1.807, 2.05) is 6.08 Å². The van der Waals surface area contributed by atoms with Gasteiger partial charge in [-0.25, -0.2) is 0 Å². The molecule has 0 saturated heterocycles. The highest BCUT2D eigenvalue weighted by atomic mass is 16.1. The normalized spacial score (nSPS) is 39.9. The Bertz CT molecular complexity index is 442. The third-order valence-electron chi connectivity index (χ3n) is 4.09. The van der Waals surface area contributed by atoms with Crippen LogP contribution in [-0.2, 0) is 9.59 Å². The van der Waals surface area contributed by atoms with Gasteiger partial charge in [0.1, 0.15) is 0 Å². The summed E-state index contributed by atoms with van der Waals surface area (Å²) in [5, 5.41) is 0. The molecule has 0 aliphatic heterocycles. The molecular weight excluding hydrogens is 200 g/mol. The van der Waals surface area contributed by atoms with Crippen molar-refractivity contribution in [3.05, 3.63) is 36.5 Å². The largest absolute Gasteiger partial charge is 0.295 e. The van der Waals surface area contributed by atoms with Crippen LogP contribution in [0.15, 0.2) is 36.5 Å². The van der Waals surface area contributed by atoms with Gasteiger partial charge in [0.05, 0.1) is 0 Å². The minimum atomic E-state index is -0.0672. The van der Waals surface area contributed by atoms with E-state index in [1.165, 1.54) is 0 Å². The first-order chi connectivity index (χ1) is 7.72. The Morgan fingerprint density at radius 2 is 2.12 bits per heavy atom. The number of hydrogen-bond acceptors (Lipinski definition) is 2. The second-order valence-corrected chi connectivity index (χ2v) is 4.93. The van der Waals surface area contributed by atoms with E-state index in [0.29, 0.717) is 18.3 Å². The van der Waals surface area contributed by atoms with E-state index >= 15 is 0 Å². The van der Waals surface area contributed by atoms with E-state index in [0.717, 1.165) is 12.0 Å². The van der Waals surface area contributed by atoms with Crippen molar-refractivity contribution in [2.45, 2.75) is 12.8 Å². The number of carbonyl (C=O) groups is 2. The Morgan fingerprint density at radius 3 is 2.88 bits per heavy atom. The highest BCUT2D eigenvalue weighted by molar-refractivity contribution is 6.06. The van der Waals surface area contributed by atoms with Gasteiger partial charge >= 0.3 is 0 Å². The van der Waals surface area contributed by atoms with Gasteiger partial charge in [-0.15, -0.1) is 6.58 Å². The van der Waals surface area contributed by atoms with Gasteiger partial charge in [-0.1, -0.05) is 18.2 Å². The second kappa shape index (κ2) is 3.27. The smallest absolute Gasteiger partial charge is 0.163 e. The molecule has 0 radical (unpaired) electrons. The van der Waals surface area contributed by atoms with Crippen LogP contribution in [0, 0.1) is 23.7 Å². The van der Waals surface area contributed by atoms with Gasteiger partial charge < -0.3 is 0 Å². The maximum atomic E-state index is 12.2. The average Bonchev–Trinajstić information content (AvgIpc) is 2.84. The van der Waals surface area contributed by atoms with Crippen molar-refractivity contribution in [1.29, 1.82) is 0 Å². The number of hydrogen-bond donors (Lipinski definition) is 0. The molecule has 4 atom stereocenters. The SMILES string of the molecule is C=CCC1=CC2CC3C=CC(=O)[C@@H]3[C@@H]2C1=O. The van der Waals surface area contributed by atoms with Crippen molar-refractivity contribution in [2.24, 2.45) is 23.7 Å². The molecule has 0 heterocycles. The Labute approximate surface area is 94.7 Å². The quantitative estimate of drug-likeness (QED) is 0.659. The van der Waals surface area contributed by atoms with Crippen LogP contribution >= 0.6 is 0 Å². The molecule has 0 aromatic carbocycles. The van der Waals surface area contributed by atoms with E-state index in [9.17, 15) is 9.59 Å². The maximum Gasteiger partial charge on any atom is 0.163 e. The van der Waals surface area contributed by atoms with Crippen molar-refractivity contribution >= 4 is 11.6 Å². The molecule has 3 aliphatic rings. The van der Waals surface area contributed by atoms with E-state index in [4.69, 9.17) is 0 Å². The van der Waals surface area contributed by atoms with Crippen LogP contribution < -0.4 is 0 Å². The number of ketones is 2. The number of fused-ring (bicyclic) bond motifs is 3. The Balaban J connectivity index is 1.91. The molecule has 16 heavy (non-hydrogen) atoms. The van der Waals surface area contributed by atoms with Crippen LogP contribution in [0.25, 0.3) is 0 Å². The summed E-state index contributed by atoms with van der Waals surface area (Å²) in [5.41, 5.74) is 0.864. The molecule has 2 unspecified atom stereocenters. The van der Waals surface area contributed by atoms with Gasteiger partial charge in [0, 0.05) is 11.8 Å². The molecule has 0 aromatic heterocycles. The predicted octanol–water partition coefficient (Wildman–Crippen LogP) is 2.08. The fraction of sp³-hybridized carbons (Fsp3) is 0.429. The topological polar surface area (TPSA) is 34.1 Å². The number of rotatable bonds is 2. The third-order valence-corrected chi connectivity index (χ3v) is 4.09. The first-order valence-corrected chi connectivity index (χ1v) is 5.80. The number of allylic oxidation sites excluding steroid dienone is 5. The molecule has 1 saturated carbocycles. The third kappa shape index (κ3) is 1.13. The zero-order chi connectivity index (χ0) is 11.3. The lowest BCUT2D eigenvalue weighted by molar-refractivity contribution is -0.126. The monoisotopic (exact) mass is 214 g/mol. The van der Waals surface area contributed by atoms with E-state index in [2.05, 4.69) is 12.7 Å². The lowest BCUT2D eigenvalue weighted by Gasteiger charge is -2.14. The summed E-state index contributed by atoms with van der Waals surface area (Å²) in [7, 11) is 0. The van der Waals surface area contributed by atoms with Crippen molar-refractivity contribution in [3.63, 3.8) is 0 Å². The van der Waals surface area contributed by atoms with Crippen LogP contribution in [0.4, 0.5) is 0 Å². The standard InChI is InChI=1S/C14H14O2/c1-2-3-9-7-10-6-8-4-5-11(15)12(8)13(10)14(9)16/h2,4-5,7-8,10,12-13H,1,3,6H2/t8?,10?,12-,13-/m1/s1. The van der Waals surface area contributed by atoms with Crippen LogP contribution in [-0.4, -0.2) is 11.6 Å². The van der Waals surface area contributed by atoms with Gasteiger partial charge in [-0.2, -0.15) is 0 Å². The van der Waals surface area contributed by atoms with Crippen molar-refractivity contribution in [3.8, 4) is 0 Å². The highest BCUT2D eigenvalue weighted by Crippen LogP contribution is 2.51. The predicted molar refractivity (Wildman–Crippen MR) is 60.6 cm³/mol. The van der Waals surface area contributed by atoms with Gasteiger partial charge in [0.15, 0.2) is 11.6 Å². The highest BCUT2D eigenvalue weighted by Gasteiger charge is 2.52. The van der Waals surface area contributed by atoms with Gasteiger partial charge in [0.25, 0.3) is 0 Å². The molecule has 3 aliphatic carbocycles. The lowest BCUT2D eigenvalue weighted by Crippen LogP contribution is -2.25. The zero-order valence-corrected chi connectivity index (χ0v) is 9.06. The molecule has 3 rings (SSSR count). The molecular formula is C14H14O2. The molecule has 1 fully saturated rings. The van der Waals surface area contributed by atoms with Crippen molar-refractivity contribution < 1.29 is 9.59 Å². The minimum Gasteiger partial charge on any atom is -0.295 e. The van der Waals surface area contributed by atoms with E-state index < -0.39 is 0 Å². The maximum absolute atomic E-state index is 12.2. The molecule has 2 nitrogen and oxygen atoms in total. The summed E-state index contributed by atoms with van der Waals surface area (Å²) < 4.78 is 0. The summed E-state index contributed by atoms with van der Waals surface area (Å²) >= 11 is 0. The van der Waals surface area contributed by atoms with Crippen LogP contribution in [0.3, 0.4) is 0 Å².